The summed E-state index contributed by atoms with van der Waals surface area (Å²) in [6.07, 6.45) is 1.84. The Morgan fingerprint density at radius 1 is 0.849 bits per heavy atom. The minimum atomic E-state index is -0.867. The number of pyridine rings is 1. The molecule has 2 heterocycles. The van der Waals surface area contributed by atoms with E-state index in [9.17, 15) is 20.1 Å². The number of anilines is 1. The second kappa shape index (κ2) is 25.1. The molecule has 2 aromatic heterocycles. The highest BCUT2D eigenvalue weighted by Crippen LogP contribution is 2.37. The van der Waals surface area contributed by atoms with Crippen molar-refractivity contribution in [3.8, 4) is 40.5 Å². The number of rotatable bonds is 17. The van der Waals surface area contributed by atoms with Gasteiger partial charge in [-0.3, -0.25) is 9.59 Å². The van der Waals surface area contributed by atoms with Crippen LogP contribution in [0.15, 0.2) is 64.2 Å². The summed E-state index contributed by atoms with van der Waals surface area (Å²) in [5.41, 5.74) is 19.6. The van der Waals surface area contributed by atoms with Crippen molar-refractivity contribution >= 4 is 90.7 Å². The number of benzene rings is 2. The topological polar surface area (TPSA) is 226 Å². The van der Waals surface area contributed by atoms with Crippen LogP contribution < -0.4 is 21.9 Å². The molecule has 4 aromatic rings. The first-order valence-corrected chi connectivity index (χ1v) is 16.6. The van der Waals surface area contributed by atoms with Crippen LogP contribution in [0.4, 0.5) is 5.82 Å². The van der Waals surface area contributed by atoms with Gasteiger partial charge in [0.25, 0.3) is 0 Å². The Balaban J connectivity index is 0.00000676. The highest BCUT2D eigenvalue weighted by Gasteiger charge is 2.22. The van der Waals surface area contributed by atoms with Crippen LogP contribution in [0.25, 0.3) is 22.6 Å². The molecule has 2 aromatic carbocycles. The van der Waals surface area contributed by atoms with Crippen LogP contribution >= 0.6 is 73.0 Å². The number of nitrogen functional groups attached to an aromatic ring is 1. The van der Waals surface area contributed by atoms with E-state index in [1.807, 2.05) is 0 Å². The maximum atomic E-state index is 12.2. The molecule has 286 valence electrons. The van der Waals surface area contributed by atoms with Gasteiger partial charge >= 0.3 is 11.9 Å². The molecule has 0 fully saturated rings. The van der Waals surface area contributed by atoms with E-state index in [1.165, 1.54) is 18.0 Å². The highest BCUT2D eigenvalue weighted by atomic mass is 35.5. The van der Waals surface area contributed by atoms with Crippen LogP contribution in [-0.2, 0) is 24.8 Å². The highest BCUT2D eigenvalue weighted by molar-refractivity contribution is 7.98. The predicted molar refractivity (Wildman–Crippen MR) is 212 cm³/mol. The number of halogens is 5. The van der Waals surface area contributed by atoms with Crippen molar-refractivity contribution in [3.63, 3.8) is 0 Å². The molecule has 4 rings (SSSR count). The normalized spacial score (nSPS) is 10.4. The third kappa shape index (κ3) is 14.4. The Kier molecular flexibility index (Phi) is 23.3. The van der Waals surface area contributed by atoms with Gasteiger partial charge in [0.1, 0.15) is 53.8 Å². The predicted octanol–water partition coefficient (Wildman–Crippen LogP) is 6.67. The van der Waals surface area contributed by atoms with Gasteiger partial charge in [0, 0.05) is 34.7 Å². The van der Waals surface area contributed by atoms with E-state index in [-0.39, 0.29) is 92.6 Å². The number of ether oxygens (including phenoxy) is 3. The van der Waals surface area contributed by atoms with Gasteiger partial charge in [-0.1, -0.05) is 35.5 Å². The van der Waals surface area contributed by atoms with Crippen molar-refractivity contribution in [3.05, 3.63) is 76.6 Å². The van der Waals surface area contributed by atoms with Crippen molar-refractivity contribution in [2.75, 3.05) is 32.0 Å². The van der Waals surface area contributed by atoms with Crippen molar-refractivity contribution in [1.29, 1.82) is 10.5 Å². The summed E-state index contributed by atoms with van der Waals surface area (Å²) < 4.78 is 22.2. The molecule has 19 heteroatoms. The summed E-state index contributed by atoms with van der Waals surface area (Å²) in [6, 6.07) is 17.9. The van der Waals surface area contributed by atoms with E-state index in [2.05, 4.69) is 22.1 Å². The molecule has 6 N–H and O–H groups in total. The molecule has 13 nitrogen and oxygen atoms in total. The van der Waals surface area contributed by atoms with E-state index in [1.54, 1.807) is 48.5 Å². The number of carbonyl (C=O) groups excluding carboxylic acids is 2. The Hall–Kier alpha value is -3.96. The molecule has 0 bridgehead atoms. The standard InChI is InChI=1S/C34H34ClN7O6S.4ClH/c35-23-9-5-22(6-10-23)33-41-24(17-47-33)20-49-34-28(16-39)31(27(15-38)32(40)42-34)21-7-11-25(12-8-21)45-18-26(48-30(44)4-2-14-37)19-46-29(43)3-1-13-36;;;;/h5-12,17,26H,1-4,13-14,18-20,36-37H2,(H2,40,42);4*1H/t26-;;;;/m1..../s1. The summed E-state index contributed by atoms with van der Waals surface area (Å²) in [5.74, 6) is 0.158. The van der Waals surface area contributed by atoms with Crippen molar-refractivity contribution in [2.45, 2.75) is 42.6 Å². The number of nitrogens with zero attached hydrogens (tertiary/aromatic N) is 4. The molecule has 0 aliphatic carbocycles. The van der Waals surface area contributed by atoms with Crippen molar-refractivity contribution < 1.29 is 28.2 Å². The van der Waals surface area contributed by atoms with E-state index in [0.717, 1.165) is 5.56 Å². The summed E-state index contributed by atoms with van der Waals surface area (Å²) >= 11 is 7.21. The number of nitriles is 2. The van der Waals surface area contributed by atoms with E-state index < -0.39 is 18.0 Å². The van der Waals surface area contributed by atoms with Crippen LogP contribution in [0.2, 0.25) is 5.02 Å². The van der Waals surface area contributed by atoms with Gasteiger partial charge in [-0.05, 0) is 67.9 Å². The van der Waals surface area contributed by atoms with Gasteiger partial charge < -0.3 is 35.8 Å². The summed E-state index contributed by atoms with van der Waals surface area (Å²) in [6.45, 7) is 0.379. The number of thioether (sulfide) groups is 1. The monoisotopic (exact) mass is 847 g/mol. The molecular weight excluding hydrogens is 812 g/mol. The molecule has 0 amide bonds. The van der Waals surface area contributed by atoms with Gasteiger partial charge in [0.2, 0.25) is 5.89 Å². The number of hydrogen-bond acceptors (Lipinski definition) is 14. The minimum Gasteiger partial charge on any atom is -0.490 e. The number of esters is 2. The van der Waals surface area contributed by atoms with E-state index >= 15 is 0 Å². The van der Waals surface area contributed by atoms with Crippen LogP contribution in [0, 0.1) is 22.7 Å². The lowest BCUT2D eigenvalue weighted by molar-refractivity contribution is -0.161. The average molecular weight is 850 g/mol. The zero-order valence-corrected chi connectivity index (χ0v) is 32.9. The first kappa shape index (κ1) is 49.0. The number of carbonyl (C=O) groups is 2. The average Bonchev–Trinajstić information content (AvgIpc) is 3.59. The van der Waals surface area contributed by atoms with Gasteiger partial charge in [-0.2, -0.15) is 10.5 Å². The van der Waals surface area contributed by atoms with Gasteiger partial charge in [-0.25, -0.2) is 9.97 Å². The molecule has 0 saturated heterocycles. The minimum absolute atomic E-state index is 0. The lowest BCUT2D eigenvalue weighted by atomic mass is 9.97. The Bertz CT molecular complexity index is 1840. The van der Waals surface area contributed by atoms with Crippen LogP contribution in [0.1, 0.15) is 42.5 Å². The van der Waals surface area contributed by atoms with Crippen molar-refractivity contribution in [2.24, 2.45) is 11.5 Å². The van der Waals surface area contributed by atoms with Gasteiger partial charge in [0.05, 0.1) is 11.3 Å². The number of nitrogens with two attached hydrogens (primary N) is 3. The van der Waals surface area contributed by atoms with E-state index in [4.69, 9.17) is 47.4 Å². The fourth-order valence-corrected chi connectivity index (χ4v) is 5.45. The molecular formula is C34H38Cl5N7O6S. The molecule has 0 spiro atoms. The fourth-order valence-electron chi connectivity index (χ4n) is 4.45. The zero-order chi connectivity index (χ0) is 35.2. The lowest BCUT2D eigenvalue weighted by Gasteiger charge is -2.19. The molecule has 0 unspecified atom stereocenters. The van der Waals surface area contributed by atoms with Gasteiger partial charge in [0.15, 0.2) is 6.10 Å². The first-order valence-electron chi connectivity index (χ1n) is 15.2. The number of aromatic nitrogens is 2. The van der Waals surface area contributed by atoms with Crippen molar-refractivity contribution in [1.82, 2.24) is 9.97 Å². The van der Waals surface area contributed by atoms with Crippen LogP contribution in [0.3, 0.4) is 0 Å². The molecule has 0 radical (unpaired) electrons. The maximum Gasteiger partial charge on any atom is 0.306 e. The number of hydrogen-bond donors (Lipinski definition) is 3. The number of oxazole rings is 1. The summed E-state index contributed by atoms with van der Waals surface area (Å²) in [5, 5.41) is 21.1. The zero-order valence-electron chi connectivity index (χ0n) is 28.0. The lowest BCUT2D eigenvalue weighted by Crippen LogP contribution is -2.31. The maximum absolute atomic E-state index is 12.2. The molecule has 1 atom stereocenters. The van der Waals surface area contributed by atoms with Crippen LogP contribution in [0.5, 0.6) is 5.75 Å². The molecule has 0 saturated carbocycles. The first-order chi connectivity index (χ1) is 23.8. The smallest absolute Gasteiger partial charge is 0.306 e. The van der Waals surface area contributed by atoms with E-state index in [0.29, 0.717) is 70.2 Å². The molecule has 0 aliphatic heterocycles. The fraction of sp³-hybridized carbons (Fsp3) is 0.294. The second-order valence-corrected chi connectivity index (χ2v) is 11.9. The SMILES string of the molecule is Cl.Cl.Cl.Cl.N#Cc1c(N)nc(SCc2coc(-c3ccc(Cl)cc3)n2)c(C#N)c1-c1ccc(OC[C@H](COC(=O)CCCN)OC(=O)CCCN)cc1. The van der Waals surface area contributed by atoms with Crippen LogP contribution in [-0.4, -0.2) is 54.3 Å². The largest absolute Gasteiger partial charge is 0.490 e. The quantitative estimate of drug-likeness (QED) is 0.0745. The Labute approximate surface area is 340 Å². The summed E-state index contributed by atoms with van der Waals surface area (Å²) in [4.78, 5) is 33.1. The summed E-state index contributed by atoms with van der Waals surface area (Å²) in [7, 11) is 0. The molecule has 53 heavy (non-hydrogen) atoms. The third-order valence-electron chi connectivity index (χ3n) is 6.89. The Morgan fingerprint density at radius 3 is 2.06 bits per heavy atom. The second-order valence-electron chi connectivity index (χ2n) is 10.5. The Morgan fingerprint density at radius 2 is 1.45 bits per heavy atom. The molecule has 0 aliphatic rings. The third-order valence-corrected chi connectivity index (χ3v) is 8.15. The van der Waals surface area contributed by atoms with Gasteiger partial charge in [-0.15, -0.1) is 49.6 Å².